The fourth-order valence-corrected chi connectivity index (χ4v) is 4.31. The van der Waals surface area contributed by atoms with Gasteiger partial charge >= 0.3 is 0 Å². The number of rotatable bonds is 5. The number of hydrogen-bond acceptors (Lipinski definition) is 3. The Morgan fingerprint density at radius 3 is 2.10 bits per heavy atom. The Balaban J connectivity index is 2.38. The van der Waals surface area contributed by atoms with Crippen molar-refractivity contribution in [2.45, 2.75) is 36.5 Å². The van der Waals surface area contributed by atoms with Crippen LogP contribution in [0, 0.1) is 6.92 Å². The standard InChI is InChI=1S/C17H21NO2S/c1-3-16(17(18)14-7-5-4-6-8-14)21(19,20)15-11-9-13(2)10-12-15/h4-12,16-17H,3,18H2,1-2H3. The molecule has 2 atom stereocenters. The van der Waals surface area contributed by atoms with E-state index in [1.54, 1.807) is 12.1 Å². The van der Waals surface area contributed by atoms with Crippen molar-refractivity contribution in [3.8, 4) is 0 Å². The van der Waals surface area contributed by atoms with Gasteiger partial charge in [-0.25, -0.2) is 8.42 Å². The Kier molecular flexibility index (Phi) is 4.80. The molecule has 0 amide bonds. The van der Waals surface area contributed by atoms with Crippen LogP contribution in [-0.2, 0) is 9.84 Å². The summed E-state index contributed by atoms with van der Waals surface area (Å²) in [5.41, 5.74) is 8.11. The van der Waals surface area contributed by atoms with Crippen molar-refractivity contribution in [2.24, 2.45) is 5.73 Å². The topological polar surface area (TPSA) is 60.2 Å². The second kappa shape index (κ2) is 6.41. The molecule has 4 heteroatoms. The summed E-state index contributed by atoms with van der Waals surface area (Å²) in [6, 6.07) is 15.8. The fraction of sp³-hybridized carbons (Fsp3) is 0.294. The molecule has 2 rings (SSSR count). The normalized spacial score (nSPS) is 14.6. The number of hydrogen-bond donors (Lipinski definition) is 1. The van der Waals surface area contributed by atoms with Gasteiger partial charge in [0.1, 0.15) is 0 Å². The summed E-state index contributed by atoms with van der Waals surface area (Å²) in [6.45, 7) is 3.79. The van der Waals surface area contributed by atoms with E-state index in [-0.39, 0.29) is 0 Å². The third-order valence-electron chi connectivity index (χ3n) is 3.74. The zero-order chi connectivity index (χ0) is 15.5. The zero-order valence-corrected chi connectivity index (χ0v) is 13.2. The number of nitrogens with two attached hydrogens (primary N) is 1. The number of aryl methyl sites for hydroxylation is 1. The number of sulfone groups is 1. The first kappa shape index (κ1) is 15.7. The third kappa shape index (κ3) is 3.34. The van der Waals surface area contributed by atoms with Gasteiger partial charge in [0.2, 0.25) is 0 Å². The smallest absolute Gasteiger partial charge is 0.183 e. The molecule has 0 aliphatic rings. The van der Waals surface area contributed by atoms with Gasteiger partial charge in [0.05, 0.1) is 10.1 Å². The largest absolute Gasteiger partial charge is 0.323 e. The van der Waals surface area contributed by atoms with Crippen LogP contribution in [0.1, 0.15) is 30.5 Å². The summed E-state index contributed by atoms with van der Waals surface area (Å²) < 4.78 is 25.6. The molecule has 21 heavy (non-hydrogen) atoms. The molecule has 2 aromatic rings. The van der Waals surface area contributed by atoms with Gasteiger partial charge in [-0.3, -0.25) is 0 Å². The lowest BCUT2D eigenvalue weighted by atomic mass is 10.0. The molecule has 0 saturated heterocycles. The molecule has 0 radical (unpaired) electrons. The Hall–Kier alpha value is -1.65. The molecule has 0 aliphatic heterocycles. The van der Waals surface area contributed by atoms with Gasteiger partial charge in [-0.05, 0) is 31.0 Å². The van der Waals surface area contributed by atoms with Crippen LogP contribution in [0.15, 0.2) is 59.5 Å². The molecule has 2 N–H and O–H groups in total. The van der Waals surface area contributed by atoms with Crippen molar-refractivity contribution in [3.05, 3.63) is 65.7 Å². The fourth-order valence-electron chi connectivity index (χ4n) is 2.46. The first-order valence-electron chi connectivity index (χ1n) is 7.08. The van der Waals surface area contributed by atoms with Crippen LogP contribution in [0.3, 0.4) is 0 Å². The Morgan fingerprint density at radius 2 is 1.57 bits per heavy atom. The van der Waals surface area contributed by atoms with Gasteiger partial charge in [-0.2, -0.15) is 0 Å². The Labute approximate surface area is 126 Å². The molecule has 112 valence electrons. The zero-order valence-electron chi connectivity index (χ0n) is 12.4. The van der Waals surface area contributed by atoms with Crippen molar-refractivity contribution in [2.75, 3.05) is 0 Å². The predicted molar refractivity (Wildman–Crippen MR) is 85.8 cm³/mol. The molecule has 2 unspecified atom stereocenters. The van der Waals surface area contributed by atoms with Crippen molar-refractivity contribution in [1.29, 1.82) is 0 Å². The van der Waals surface area contributed by atoms with E-state index >= 15 is 0 Å². The van der Waals surface area contributed by atoms with Crippen molar-refractivity contribution in [1.82, 2.24) is 0 Å². The molecule has 3 nitrogen and oxygen atoms in total. The highest BCUT2D eigenvalue weighted by molar-refractivity contribution is 7.92. The molecule has 0 aromatic heterocycles. The molecule has 0 spiro atoms. The molecule has 0 aliphatic carbocycles. The summed E-state index contributed by atoms with van der Waals surface area (Å²) in [5, 5.41) is -0.623. The highest BCUT2D eigenvalue weighted by Crippen LogP contribution is 2.27. The maximum atomic E-state index is 12.8. The minimum absolute atomic E-state index is 0.339. The van der Waals surface area contributed by atoms with Crippen LogP contribution >= 0.6 is 0 Å². The molecule has 0 saturated carbocycles. The Morgan fingerprint density at radius 1 is 1.00 bits per heavy atom. The molecular formula is C17H21NO2S. The summed E-state index contributed by atoms with van der Waals surface area (Å²) in [6.07, 6.45) is 0.478. The summed E-state index contributed by atoms with van der Waals surface area (Å²) >= 11 is 0. The minimum Gasteiger partial charge on any atom is -0.323 e. The van der Waals surface area contributed by atoms with E-state index in [9.17, 15) is 8.42 Å². The molecule has 0 heterocycles. The quantitative estimate of drug-likeness (QED) is 0.922. The van der Waals surface area contributed by atoms with E-state index in [4.69, 9.17) is 5.73 Å². The first-order chi connectivity index (χ1) is 9.96. The van der Waals surface area contributed by atoms with Gasteiger partial charge in [0, 0.05) is 6.04 Å². The molecule has 0 fully saturated rings. The first-order valence-corrected chi connectivity index (χ1v) is 8.62. The maximum Gasteiger partial charge on any atom is 0.183 e. The summed E-state index contributed by atoms with van der Waals surface area (Å²) in [5.74, 6) is 0. The van der Waals surface area contributed by atoms with E-state index in [0.717, 1.165) is 11.1 Å². The second-order valence-corrected chi connectivity index (χ2v) is 7.41. The van der Waals surface area contributed by atoms with Gasteiger partial charge in [0.25, 0.3) is 0 Å². The van der Waals surface area contributed by atoms with Crippen LogP contribution in [0.25, 0.3) is 0 Å². The van der Waals surface area contributed by atoms with Gasteiger partial charge in [-0.15, -0.1) is 0 Å². The van der Waals surface area contributed by atoms with Gasteiger partial charge in [-0.1, -0.05) is 55.0 Å². The van der Waals surface area contributed by atoms with E-state index in [2.05, 4.69) is 0 Å². The van der Waals surface area contributed by atoms with Crippen molar-refractivity contribution < 1.29 is 8.42 Å². The van der Waals surface area contributed by atoms with E-state index in [1.807, 2.05) is 56.3 Å². The average Bonchev–Trinajstić information content (AvgIpc) is 2.49. The lowest BCUT2D eigenvalue weighted by Crippen LogP contribution is -2.33. The Bertz CT molecular complexity index is 678. The van der Waals surface area contributed by atoms with Crippen molar-refractivity contribution in [3.63, 3.8) is 0 Å². The minimum atomic E-state index is -3.44. The highest BCUT2D eigenvalue weighted by Gasteiger charge is 2.32. The monoisotopic (exact) mass is 303 g/mol. The lowest BCUT2D eigenvalue weighted by Gasteiger charge is -2.23. The van der Waals surface area contributed by atoms with Crippen LogP contribution in [-0.4, -0.2) is 13.7 Å². The van der Waals surface area contributed by atoms with Gasteiger partial charge in [0.15, 0.2) is 9.84 Å². The maximum absolute atomic E-state index is 12.8. The van der Waals surface area contributed by atoms with Crippen molar-refractivity contribution >= 4 is 9.84 Å². The van der Waals surface area contributed by atoms with E-state index < -0.39 is 21.1 Å². The third-order valence-corrected chi connectivity index (χ3v) is 6.09. The van der Waals surface area contributed by atoms with E-state index in [0.29, 0.717) is 11.3 Å². The second-order valence-electron chi connectivity index (χ2n) is 5.24. The lowest BCUT2D eigenvalue weighted by molar-refractivity contribution is 0.547. The van der Waals surface area contributed by atoms with E-state index in [1.165, 1.54) is 0 Å². The molecule has 2 aromatic carbocycles. The summed E-state index contributed by atoms with van der Waals surface area (Å²) in [7, 11) is -3.44. The predicted octanol–water partition coefficient (Wildman–Crippen LogP) is 3.25. The van der Waals surface area contributed by atoms with Crippen LogP contribution < -0.4 is 5.73 Å². The van der Waals surface area contributed by atoms with Crippen LogP contribution in [0.5, 0.6) is 0 Å². The molecular weight excluding hydrogens is 282 g/mol. The highest BCUT2D eigenvalue weighted by atomic mass is 32.2. The van der Waals surface area contributed by atoms with Crippen LogP contribution in [0.4, 0.5) is 0 Å². The van der Waals surface area contributed by atoms with Crippen LogP contribution in [0.2, 0.25) is 0 Å². The summed E-state index contributed by atoms with van der Waals surface area (Å²) in [4.78, 5) is 0.339. The molecule has 0 bridgehead atoms. The SMILES string of the molecule is CCC(C(N)c1ccccc1)S(=O)(=O)c1ccc(C)cc1. The average molecular weight is 303 g/mol. The number of benzene rings is 2. The van der Waals surface area contributed by atoms with Gasteiger partial charge < -0.3 is 5.73 Å².